The summed E-state index contributed by atoms with van der Waals surface area (Å²) in [6.07, 6.45) is 0.674. The van der Waals surface area contributed by atoms with Gasteiger partial charge in [-0.15, -0.1) is 0 Å². The number of carbonyl (C=O) groups excluding carboxylic acids is 1. The number of aryl methyl sites for hydroxylation is 1. The smallest absolute Gasteiger partial charge is 0.348 e. The van der Waals surface area contributed by atoms with E-state index in [0.717, 1.165) is 14.8 Å². The zero-order valence-electron chi connectivity index (χ0n) is 17.1. The van der Waals surface area contributed by atoms with Gasteiger partial charge in [0.05, 0.1) is 12.2 Å². The normalized spacial score (nSPS) is 11.9. The van der Waals surface area contributed by atoms with Crippen LogP contribution in [-0.4, -0.2) is 26.3 Å². The summed E-state index contributed by atoms with van der Waals surface area (Å²) < 4.78 is 15.2. The highest BCUT2D eigenvalue weighted by Crippen LogP contribution is 2.07. The molecule has 2 aromatic carbocycles. The van der Waals surface area contributed by atoms with Crippen molar-refractivity contribution < 1.29 is 9.18 Å². The summed E-state index contributed by atoms with van der Waals surface area (Å²) in [5.74, 6) is -1.07. The van der Waals surface area contributed by atoms with Crippen molar-refractivity contribution in [3.05, 3.63) is 92.0 Å². The maximum absolute atomic E-state index is 13.2. The van der Waals surface area contributed by atoms with Crippen molar-refractivity contribution in [2.75, 3.05) is 0 Å². The summed E-state index contributed by atoms with van der Waals surface area (Å²) in [5, 5.41) is 6.79. The van der Waals surface area contributed by atoms with Crippen LogP contribution in [0.4, 0.5) is 4.39 Å². The maximum atomic E-state index is 13.2. The fourth-order valence-electron chi connectivity index (χ4n) is 2.82. The SMILES string of the molecule is CC[C@H](C)NC(=O)c1nn(-c2ccc(C)cc2)c(=O)n(Cc2ccc(F)cc2)c1=O. The van der Waals surface area contributed by atoms with E-state index in [1.165, 1.54) is 24.3 Å². The van der Waals surface area contributed by atoms with Crippen LogP contribution in [0.3, 0.4) is 0 Å². The lowest BCUT2D eigenvalue weighted by molar-refractivity contribution is 0.0929. The number of carbonyl (C=O) groups is 1. The number of aromatic nitrogens is 3. The Bertz CT molecular complexity index is 1160. The van der Waals surface area contributed by atoms with Gasteiger partial charge in [-0.2, -0.15) is 9.78 Å². The third-order valence-corrected chi connectivity index (χ3v) is 4.80. The molecule has 1 amide bonds. The number of amides is 1. The molecule has 3 aromatic rings. The molecule has 7 nitrogen and oxygen atoms in total. The largest absolute Gasteiger partial charge is 0.352 e. The first kappa shape index (κ1) is 21.2. The van der Waals surface area contributed by atoms with E-state index in [4.69, 9.17) is 0 Å². The van der Waals surface area contributed by atoms with Crippen molar-refractivity contribution in [1.82, 2.24) is 19.7 Å². The number of rotatable bonds is 6. The molecule has 1 heterocycles. The van der Waals surface area contributed by atoms with E-state index in [1.54, 1.807) is 24.3 Å². The number of halogens is 1. The van der Waals surface area contributed by atoms with E-state index >= 15 is 0 Å². The van der Waals surface area contributed by atoms with Crippen molar-refractivity contribution in [3.63, 3.8) is 0 Å². The maximum Gasteiger partial charge on any atom is 0.352 e. The Labute approximate surface area is 172 Å². The number of hydrogen-bond donors (Lipinski definition) is 1. The molecule has 1 aromatic heterocycles. The number of hydrogen-bond acceptors (Lipinski definition) is 4. The standard InChI is InChI=1S/C22H23FN4O3/c1-4-15(3)24-20(28)19-21(29)26(13-16-7-9-17(23)10-8-16)22(30)27(25-19)18-11-5-14(2)6-12-18/h5-12,15H,4,13H2,1-3H3,(H,24,28)/t15-/m0/s1. The van der Waals surface area contributed by atoms with Crippen molar-refractivity contribution in [1.29, 1.82) is 0 Å². The monoisotopic (exact) mass is 410 g/mol. The minimum atomic E-state index is -0.798. The van der Waals surface area contributed by atoms with E-state index in [-0.39, 0.29) is 18.3 Å². The van der Waals surface area contributed by atoms with Crippen LogP contribution in [0.5, 0.6) is 0 Å². The van der Waals surface area contributed by atoms with Gasteiger partial charge < -0.3 is 5.32 Å². The molecule has 3 rings (SSSR count). The highest BCUT2D eigenvalue weighted by atomic mass is 19.1. The van der Waals surface area contributed by atoms with Gasteiger partial charge in [-0.25, -0.2) is 9.18 Å². The van der Waals surface area contributed by atoms with Gasteiger partial charge in [0.2, 0.25) is 5.69 Å². The topological polar surface area (TPSA) is 86.0 Å². The summed E-state index contributed by atoms with van der Waals surface area (Å²) in [6, 6.07) is 12.3. The highest BCUT2D eigenvalue weighted by Gasteiger charge is 2.21. The average Bonchev–Trinajstić information content (AvgIpc) is 2.73. The first-order chi connectivity index (χ1) is 14.3. The van der Waals surface area contributed by atoms with Crippen LogP contribution >= 0.6 is 0 Å². The number of nitrogens with one attached hydrogen (secondary N) is 1. The van der Waals surface area contributed by atoms with E-state index in [9.17, 15) is 18.8 Å². The summed E-state index contributed by atoms with van der Waals surface area (Å²) in [6.45, 7) is 5.50. The second-order valence-corrected chi connectivity index (χ2v) is 7.18. The molecule has 30 heavy (non-hydrogen) atoms. The summed E-state index contributed by atoms with van der Waals surface area (Å²) in [4.78, 5) is 38.7. The minimum absolute atomic E-state index is 0.115. The molecule has 0 spiro atoms. The van der Waals surface area contributed by atoms with E-state index in [0.29, 0.717) is 17.7 Å². The predicted octanol–water partition coefficient (Wildman–Crippen LogP) is 2.42. The molecule has 0 unspecified atom stereocenters. The highest BCUT2D eigenvalue weighted by molar-refractivity contribution is 5.91. The van der Waals surface area contributed by atoms with Crippen molar-refractivity contribution in [2.24, 2.45) is 0 Å². The Hall–Kier alpha value is -3.55. The van der Waals surface area contributed by atoms with E-state index in [1.807, 2.05) is 20.8 Å². The molecule has 0 fully saturated rings. The molecule has 1 N–H and O–H groups in total. The predicted molar refractivity (Wildman–Crippen MR) is 112 cm³/mol. The van der Waals surface area contributed by atoms with Crippen LogP contribution in [0.1, 0.15) is 41.9 Å². The zero-order chi connectivity index (χ0) is 21.8. The minimum Gasteiger partial charge on any atom is -0.348 e. The molecule has 1 atom stereocenters. The van der Waals surface area contributed by atoms with Crippen LogP contribution in [-0.2, 0) is 6.54 Å². The Balaban J connectivity index is 2.17. The summed E-state index contributed by atoms with van der Waals surface area (Å²) in [7, 11) is 0. The Morgan fingerprint density at radius 3 is 2.33 bits per heavy atom. The fourth-order valence-corrected chi connectivity index (χ4v) is 2.82. The van der Waals surface area contributed by atoms with Crippen LogP contribution < -0.4 is 16.6 Å². The average molecular weight is 410 g/mol. The molecule has 0 bridgehead atoms. The molecular weight excluding hydrogens is 387 g/mol. The Kier molecular flexibility index (Phi) is 6.25. The molecule has 0 radical (unpaired) electrons. The summed E-state index contributed by atoms with van der Waals surface area (Å²) >= 11 is 0. The molecule has 0 aliphatic rings. The van der Waals surface area contributed by atoms with Gasteiger partial charge in [-0.3, -0.25) is 14.2 Å². The van der Waals surface area contributed by atoms with Gasteiger partial charge in [-0.05, 0) is 50.1 Å². The molecule has 0 aliphatic heterocycles. The fraction of sp³-hybridized carbons (Fsp3) is 0.273. The van der Waals surface area contributed by atoms with Crippen LogP contribution in [0.25, 0.3) is 5.69 Å². The van der Waals surface area contributed by atoms with Gasteiger partial charge >= 0.3 is 5.69 Å². The lowest BCUT2D eigenvalue weighted by Gasteiger charge is -2.14. The molecule has 156 valence electrons. The van der Waals surface area contributed by atoms with Crippen LogP contribution in [0, 0.1) is 12.7 Å². The third kappa shape index (κ3) is 4.53. The number of benzene rings is 2. The quantitative estimate of drug-likeness (QED) is 0.676. The second kappa shape index (κ2) is 8.86. The van der Waals surface area contributed by atoms with Gasteiger partial charge in [0, 0.05) is 6.04 Å². The second-order valence-electron chi connectivity index (χ2n) is 7.18. The van der Waals surface area contributed by atoms with E-state index < -0.39 is 23.0 Å². The third-order valence-electron chi connectivity index (χ3n) is 4.80. The molecule has 0 saturated carbocycles. The molecule has 0 saturated heterocycles. The molecule has 0 aliphatic carbocycles. The van der Waals surface area contributed by atoms with E-state index in [2.05, 4.69) is 10.4 Å². The Morgan fingerprint density at radius 2 is 1.73 bits per heavy atom. The lowest BCUT2D eigenvalue weighted by Crippen LogP contribution is -2.47. The molecular formula is C22H23FN4O3. The first-order valence-corrected chi connectivity index (χ1v) is 9.66. The van der Waals surface area contributed by atoms with Gasteiger partial charge in [-0.1, -0.05) is 36.8 Å². The lowest BCUT2D eigenvalue weighted by atomic mass is 10.2. The number of nitrogens with zero attached hydrogens (tertiary/aromatic N) is 3. The Morgan fingerprint density at radius 1 is 1.10 bits per heavy atom. The van der Waals surface area contributed by atoms with Crippen molar-refractivity contribution >= 4 is 5.91 Å². The van der Waals surface area contributed by atoms with Crippen molar-refractivity contribution in [3.8, 4) is 5.69 Å². The van der Waals surface area contributed by atoms with Crippen LogP contribution in [0.15, 0.2) is 58.1 Å². The molecule has 8 heteroatoms. The van der Waals surface area contributed by atoms with Crippen molar-refractivity contribution in [2.45, 2.75) is 39.8 Å². The van der Waals surface area contributed by atoms with Gasteiger partial charge in [0.1, 0.15) is 5.82 Å². The zero-order valence-corrected chi connectivity index (χ0v) is 17.1. The van der Waals surface area contributed by atoms with Gasteiger partial charge in [0.15, 0.2) is 0 Å². The summed E-state index contributed by atoms with van der Waals surface area (Å²) in [5.41, 5.74) is 0.0992. The van der Waals surface area contributed by atoms with Gasteiger partial charge in [0.25, 0.3) is 11.5 Å². The van der Waals surface area contributed by atoms with Crippen LogP contribution in [0.2, 0.25) is 0 Å². The first-order valence-electron chi connectivity index (χ1n) is 9.66.